The third kappa shape index (κ3) is 2.07. The molecule has 0 radical (unpaired) electrons. The van der Waals surface area contributed by atoms with Crippen LogP contribution >= 0.6 is 0 Å². The van der Waals surface area contributed by atoms with E-state index < -0.39 is 0 Å². The molecular formula is C14H19N3O. The molecule has 4 nitrogen and oxygen atoms in total. The molecule has 2 fully saturated rings. The molecule has 1 atom stereocenters. The lowest BCUT2D eigenvalue weighted by molar-refractivity contribution is -0.118. The predicted molar refractivity (Wildman–Crippen MR) is 70.4 cm³/mol. The molecule has 2 aliphatic rings. The third-order valence-electron chi connectivity index (χ3n) is 4.02. The Balaban J connectivity index is 1.75. The first-order valence-corrected chi connectivity index (χ1v) is 6.80. The summed E-state index contributed by atoms with van der Waals surface area (Å²) in [5.74, 6) is 1.08. The quantitative estimate of drug-likeness (QED) is 0.764. The van der Waals surface area contributed by atoms with Crippen LogP contribution in [0.2, 0.25) is 0 Å². The van der Waals surface area contributed by atoms with Gasteiger partial charge < -0.3 is 9.80 Å². The van der Waals surface area contributed by atoms with E-state index in [1.165, 1.54) is 18.4 Å². The SMILES string of the molecule is O=CN1CCC[C@H]1c1ccc(N2CCCC2)nc1. The van der Waals surface area contributed by atoms with Crippen LogP contribution in [0.15, 0.2) is 18.3 Å². The van der Waals surface area contributed by atoms with Gasteiger partial charge in [0.2, 0.25) is 6.41 Å². The molecule has 2 aliphatic heterocycles. The minimum atomic E-state index is 0.239. The average molecular weight is 245 g/mol. The van der Waals surface area contributed by atoms with Crippen molar-refractivity contribution in [1.29, 1.82) is 0 Å². The first kappa shape index (κ1) is 11.5. The number of hydrogen-bond donors (Lipinski definition) is 0. The van der Waals surface area contributed by atoms with E-state index in [1.807, 2.05) is 11.1 Å². The summed E-state index contributed by atoms with van der Waals surface area (Å²) in [6.45, 7) is 3.12. The molecule has 1 aromatic rings. The number of amides is 1. The van der Waals surface area contributed by atoms with Crippen molar-refractivity contribution in [2.75, 3.05) is 24.5 Å². The van der Waals surface area contributed by atoms with Crippen LogP contribution < -0.4 is 4.90 Å². The molecule has 0 saturated carbocycles. The van der Waals surface area contributed by atoms with Crippen molar-refractivity contribution in [1.82, 2.24) is 9.88 Å². The number of likely N-dealkylation sites (tertiary alicyclic amines) is 1. The summed E-state index contributed by atoms with van der Waals surface area (Å²) in [5.41, 5.74) is 1.17. The van der Waals surface area contributed by atoms with Crippen LogP contribution in [0.4, 0.5) is 5.82 Å². The van der Waals surface area contributed by atoms with E-state index in [9.17, 15) is 4.79 Å². The van der Waals surface area contributed by atoms with Crippen molar-refractivity contribution in [3.8, 4) is 0 Å². The Hall–Kier alpha value is -1.58. The molecule has 96 valence electrons. The zero-order valence-electron chi connectivity index (χ0n) is 10.6. The lowest BCUT2D eigenvalue weighted by atomic mass is 10.1. The van der Waals surface area contributed by atoms with Gasteiger partial charge in [-0.25, -0.2) is 4.98 Å². The molecule has 0 unspecified atom stereocenters. The minimum absolute atomic E-state index is 0.239. The maximum atomic E-state index is 11.0. The van der Waals surface area contributed by atoms with E-state index in [1.54, 1.807) is 0 Å². The third-order valence-corrected chi connectivity index (χ3v) is 4.02. The van der Waals surface area contributed by atoms with E-state index in [0.29, 0.717) is 0 Å². The summed E-state index contributed by atoms with van der Waals surface area (Å²) in [5, 5.41) is 0. The van der Waals surface area contributed by atoms with Gasteiger partial charge in [0.05, 0.1) is 6.04 Å². The van der Waals surface area contributed by atoms with Crippen LogP contribution in [0.3, 0.4) is 0 Å². The fraction of sp³-hybridized carbons (Fsp3) is 0.571. The second kappa shape index (κ2) is 4.96. The van der Waals surface area contributed by atoms with Gasteiger partial charge in [0, 0.05) is 25.8 Å². The van der Waals surface area contributed by atoms with Gasteiger partial charge in [-0.1, -0.05) is 6.07 Å². The second-order valence-electron chi connectivity index (χ2n) is 5.15. The summed E-state index contributed by atoms with van der Waals surface area (Å²) in [6, 6.07) is 4.47. The largest absolute Gasteiger partial charge is 0.357 e. The van der Waals surface area contributed by atoms with Crippen molar-refractivity contribution in [3.05, 3.63) is 23.9 Å². The van der Waals surface area contributed by atoms with E-state index in [-0.39, 0.29) is 6.04 Å². The molecule has 3 heterocycles. The molecule has 2 saturated heterocycles. The zero-order chi connectivity index (χ0) is 12.4. The fourth-order valence-corrected chi connectivity index (χ4v) is 3.00. The Kier molecular flexibility index (Phi) is 3.17. The van der Waals surface area contributed by atoms with E-state index >= 15 is 0 Å². The predicted octanol–water partition coefficient (Wildman–Crippen LogP) is 1.98. The molecule has 0 aliphatic carbocycles. The Morgan fingerprint density at radius 3 is 2.67 bits per heavy atom. The van der Waals surface area contributed by atoms with Crippen molar-refractivity contribution in [2.24, 2.45) is 0 Å². The van der Waals surface area contributed by atoms with Crippen LogP contribution in [0.5, 0.6) is 0 Å². The molecule has 0 bridgehead atoms. The number of carbonyl (C=O) groups is 1. The minimum Gasteiger partial charge on any atom is -0.357 e. The van der Waals surface area contributed by atoms with E-state index in [4.69, 9.17) is 0 Å². The van der Waals surface area contributed by atoms with Gasteiger partial charge in [-0.3, -0.25) is 4.79 Å². The molecule has 4 heteroatoms. The number of aromatic nitrogens is 1. The lowest BCUT2D eigenvalue weighted by Gasteiger charge is -2.21. The summed E-state index contributed by atoms with van der Waals surface area (Å²) < 4.78 is 0. The summed E-state index contributed by atoms with van der Waals surface area (Å²) in [4.78, 5) is 19.7. The number of anilines is 1. The molecule has 1 aromatic heterocycles. The maximum Gasteiger partial charge on any atom is 0.210 e. The number of nitrogens with zero attached hydrogens (tertiary/aromatic N) is 3. The molecule has 0 N–H and O–H groups in total. The topological polar surface area (TPSA) is 36.4 Å². The highest BCUT2D eigenvalue weighted by atomic mass is 16.1. The van der Waals surface area contributed by atoms with E-state index in [0.717, 1.165) is 44.7 Å². The smallest absolute Gasteiger partial charge is 0.210 e. The number of pyridine rings is 1. The van der Waals surface area contributed by atoms with E-state index in [2.05, 4.69) is 22.0 Å². The Labute approximate surface area is 108 Å². The van der Waals surface area contributed by atoms with Crippen LogP contribution in [0.25, 0.3) is 0 Å². The number of rotatable bonds is 3. The highest BCUT2D eigenvalue weighted by Gasteiger charge is 2.25. The molecule has 1 amide bonds. The normalized spacial score (nSPS) is 23.7. The Bertz CT molecular complexity index is 412. The number of carbonyl (C=O) groups excluding carboxylic acids is 1. The number of hydrogen-bond acceptors (Lipinski definition) is 3. The summed E-state index contributed by atoms with van der Waals surface area (Å²) in [7, 11) is 0. The van der Waals surface area contributed by atoms with Gasteiger partial charge >= 0.3 is 0 Å². The van der Waals surface area contributed by atoms with Crippen LogP contribution in [0, 0.1) is 0 Å². The van der Waals surface area contributed by atoms with Crippen LogP contribution in [0.1, 0.15) is 37.3 Å². The monoisotopic (exact) mass is 245 g/mol. The molecule has 0 spiro atoms. The van der Waals surface area contributed by atoms with Crippen molar-refractivity contribution < 1.29 is 4.79 Å². The van der Waals surface area contributed by atoms with Gasteiger partial charge in [0.25, 0.3) is 0 Å². The summed E-state index contributed by atoms with van der Waals surface area (Å²) in [6.07, 6.45) is 7.60. The molecule has 3 rings (SSSR count). The molecule has 0 aromatic carbocycles. The van der Waals surface area contributed by atoms with Gasteiger partial charge in [0.1, 0.15) is 5.82 Å². The highest BCUT2D eigenvalue weighted by molar-refractivity contribution is 5.50. The average Bonchev–Trinajstić information content (AvgIpc) is 3.10. The molecule has 18 heavy (non-hydrogen) atoms. The second-order valence-corrected chi connectivity index (χ2v) is 5.15. The van der Waals surface area contributed by atoms with Gasteiger partial charge in [-0.2, -0.15) is 0 Å². The standard InChI is InChI=1S/C14H19N3O/c18-11-17-9-3-4-13(17)12-5-6-14(15-10-12)16-7-1-2-8-16/h5-6,10-11,13H,1-4,7-9H2/t13-/m0/s1. The lowest BCUT2D eigenvalue weighted by Crippen LogP contribution is -2.22. The Morgan fingerprint density at radius 2 is 2.00 bits per heavy atom. The van der Waals surface area contributed by atoms with Crippen molar-refractivity contribution in [2.45, 2.75) is 31.7 Å². The van der Waals surface area contributed by atoms with Gasteiger partial charge in [-0.05, 0) is 37.3 Å². The zero-order valence-corrected chi connectivity index (χ0v) is 10.6. The van der Waals surface area contributed by atoms with Crippen molar-refractivity contribution >= 4 is 12.2 Å². The van der Waals surface area contributed by atoms with Crippen molar-refractivity contribution in [3.63, 3.8) is 0 Å². The first-order chi connectivity index (χ1) is 8.88. The first-order valence-electron chi connectivity index (χ1n) is 6.80. The summed E-state index contributed by atoms with van der Waals surface area (Å²) >= 11 is 0. The van der Waals surface area contributed by atoms with Crippen LogP contribution in [-0.4, -0.2) is 35.9 Å². The van der Waals surface area contributed by atoms with Crippen LogP contribution in [-0.2, 0) is 4.79 Å². The van der Waals surface area contributed by atoms with Gasteiger partial charge in [0.15, 0.2) is 0 Å². The highest BCUT2D eigenvalue weighted by Crippen LogP contribution is 2.31. The molecular weight excluding hydrogens is 226 g/mol. The maximum absolute atomic E-state index is 11.0. The Morgan fingerprint density at radius 1 is 1.17 bits per heavy atom. The van der Waals surface area contributed by atoms with Gasteiger partial charge in [-0.15, -0.1) is 0 Å². The fourth-order valence-electron chi connectivity index (χ4n) is 3.00.